The van der Waals surface area contributed by atoms with Gasteiger partial charge in [0, 0.05) is 13.0 Å². The summed E-state index contributed by atoms with van der Waals surface area (Å²) in [6.45, 7) is 5.80. The number of thiazole rings is 1. The molecule has 4 heteroatoms. The average Bonchev–Trinajstić information content (AvgIpc) is 2.57. The molecule has 0 radical (unpaired) electrons. The van der Waals surface area contributed by atoms with Gasteiger partial charge in [0.05, 0.1) is 10.2 Å². The molecule has 0 saturated heterocycles. The Morgan fingerprint density at radius 3 is 2.71 bits per heavy atom. The Kier molecular flexibility index (Phi) is 3.15. The van der Waals surface area contributed by atoms with Crippen LogP contribution in [0.2, 0.25) is 0 Å². The number of hydrogen-bond donors (Lipinski definition) is 0. The number of para-hydroxylation sites is 1. The highest BCUT2D eigenvalue weighted by molar-refractivity contribution is 7.16. The highest BCUT2D eigenvalue weighted by Gasteiger charge is 2.08. The Hall–Kier alpha value is -1.42. The molecule has 0 atom stereocenters. The maximum atomic E-state index is 11.7. The fraction of sp³-hybridized carbons (Fsp3) is 0.385. The van der Waals surface area contributed by atoms with Gasteiger partial charge >= 0.3 is 0 Å². The van der Waals surface area contributed by atoms with E-state index in [1.807, 2.05) is 31.5 Å². The number of carbonyl (C=O) groups is 1. The quantitative estimate of drug-likeness (QED) is 0.764. The van der Waals surface area contributed by atoms with Crippen LogP contribution in [-0.2, 0) is 11.8 Å². The summed E-state index contributed by atoms with van der Waals surface area (Å²) in [5, 5.41) is 0. The SMILES string of the molecule is Cc1cccc2sc(=NC(=O)C(C)C)n(C)c12. The van der Waals surface area contributed by atoms with Crippen LogP contribution in [-0.4, -0.2) is 10.5 Å². The van der Waals surface area contributed by atoms with Crippen LogP contribution in [0.5, 0.6) is 0 Å². The van der Waals surface area contributed by atoms with E-state index in [1.165, 1.54) is 10.3 Å². The maximum absolute atomic E-state index is 11.7. The molecular formula is C13H16N2OS. The Morgan fingerprint density at radius 1 is 1.41 bits per heavy atom. The van der Waals surface area contributed by atoms with Crippen molar-refractivity contribution in [3.8, 4) is 0 Å². The van der Waals surface area contributed by atoms with E-state index in [9.17, 15) is 4.79 Å². The lowest BCUT2D eigenvalue weighted by Crippen LogP contribution is -2.15. The Balaban J connectivity index is 2.69. The van der Waals surface area contributed by atoms with Crippen molar-refractivity contribution in [1.82, 2.24) is 4.57 Å². The molecule has 0 spiro atoms. The van der Waals surface area contributed by atoms with Crippen LogP contribution in [0.25, 0.3) is 10.2 Å². The Morgan fingerprint density at radius 2 is 2.12 bits per heavy atom. The van der Waals surface area contributed by atoms with E-state index in [1.54, 1.807) is 11.3 Å². The van der Waals surface area contributed by atoms with Crippen molar-refractivity contribution in [3.63, 3.8) is 0 Å². The first-order valence-corrected chi connectivity index (χ1v) is 6.46. The smallest absolute Gasteiger partial charge is 0.250 e. The van der Waals surface area contributed by atoms with Gasteiger partial charge in [0.1, 0.15) is 0 Å². The minimum absolute atomic E-state index is 0.0543. The molecule has 2 aromatic rings. The number of nitrogens with zero attached hydrogens (tertiary/aromatic N) is 2. The summed E-state index contributed by atoms with van der Waals surface area (Å²) < 4.78 is 3.16. The number of rotatable bonds is 1. The third-order valence-corrected chi connectivity index (χ3v) is 3.82. The van der Waals surface area contributed by atoms with Crippen molar-refractivity contribution >= 4 is 27.5 Å². The normalized spacial score (nSPS) is 12.6. The number of amides is 1. The third-order valence-electron chi connectivity index (χ3n) is 2.72. The van der Waals surface area contributed by atoms with Crippen molar-refractivity contribution in [2.24, 2.45) is 18.0 Å². The largest absolute Gasteiger partial charge is 0.319 e. The summed E-state index contributed by atoms with van der Waals surface area (Å²) >= 11 is 1.56. The molecular weight excluding hydrogens is 232 g/mol. The predicted octanol–water partition coefficient (Wildman–Crippen LogP) is 2.63. The molecule has 0 aliphatic carbocycles. The molecule has 0 aliphatic heterocycles. The first-order chi connectivity index (χ1) is 8.00. The summed E-state index contributed by atoms with van der Waals surface area (Å²) in [6.07, 6.45) is 0. The van der Waals surface area contributed by atoms with E-state index < -0.39 is 0 Å². The molecule has 1 aromatic heterocycles. The zero-order valence-corrected chi connectivity index (χ0v) is 11.3. The molecule has 0 fully saturated rings. The van der Waals surface area contributed by atoms with E-state index in [-0.39, 0.29) is 11.8 Å². The Bertz CT molecular complexity index is 634. The average molecular weight is 248 g/mol. The number of hydrogen-bond acceptors (Lipinski definition) is 2. The van der Waals surface area contributed by atoms with E-state index in [0.717, 1.165) is 10.3 Å². The zero-order chi connectivity index (χ0) is 12.6. The highest BCUT2D eigenvalue weighted by Crippen LogP contribution is 2.19. The van der Waals surface area contributed by atoms with Gasteiger partial charge in [0.2, 0.25) is 0 Å². The van der Waals surface area contributed by atoms with Crippen LogP contribution in [0.15, 0.2) is 23.2 Å². The van der Waals surface area contributed by atoms with Crippen molar-refractivity contribution in [2.45, 2.75) is 20.8 Å². The minimum Gasteiger partial charge on any atom is -0.319 e. The molecule has 3 nitrogen and oxygen atoms in total. The second kappa shape index (κ2) is 4.45. The van der Waals surface area contributed by atoms with Gasteiger partial charge in [-0.15, -0.1) is 0 Å². The molecule has 0 bridgehead atoms. The molecule has 0 saturated carbocycles. The predicted molar refractivity (Wildman–Crippen MR) is 70.9 cm³/mol. The van der Waals surface area contributed by atoms with Crippen molar-refractivity contribution in [3.05, 3.63) is 28.6 Å². The van der Waals surface area contributed by atoms with Crippen LogP contribution < -0.4 is 4.80 Å². The van der Waals surface area contributed by atoms with Gasteiger partial charge in [-0.2, -0.15) is 4.99 Å². The first-order valence-electron chi connectivity index (χ1n) is 5.64. The second-order valence-electron chi connectivity index (χ2n) is 4.47. The van der Waals surface area contributed by atoms with Gasteiger partial charge in [0.15, 0.2) is 4.80 Å². The summed E-state index contributed by atoms with van der Waals surface area (Å²) in [5.74, 6) is -0.119. The van der Waals surface area contributed by atoms with Gasteiger partial charge < -0.3 is 4.57 Å². The van der Waals surface area contributed by atoms with Crippen LogP contribution in [0.1, 0.15) is 19.4 Å². The number of benzene rings is 1. The van der Waals surface area contributed by atoms with Crippen LogP contribution in [0.4, 0.5) is 0 Å². The standard InChI is InChI=1S/C13H16N2OS/c1-8(2)12(16)14-13-15(4)11-9(3)6-5-7-10(11)17-13/h5-8H,1-4H3. The number of carbonyl (C=O) groups excluding carboxylic acids is 1. The van der Waals surface area contributed by atoms with E-state index in [4.69, 9.17) is 0 Å². The van der Waals surface area contributed by atoms with Crippen LogP contribution >= 0.6 is 11.3 Å². The third kappa shape index (κ3) is 2.17. The lowest BCUT2D eigenvalue weighted by atomic mass is 10.2. The molecule has 1 amide bonds. The number of fused-ring (bicyclic) bond motifs is 1. The van der Waals surface area contributed by atoms with Gasteiger partial charge in [-0.05, 0) is 18.6 Å². The van der Waals surface area contributed by atoms with Crippen molar-refractivity contribution in [2.75, 3.05) is 0 Å². The molecule has 0 aliphatic rings. The minimum atomic E-state index is -0.0650. The number of aryl methyl sites for hydroxylation is 2. The highest BCUT2D eigenvalue weighted by atomic mass is 32.1. The summed E-state index contributed by atoms with van der Waals surface area (Å²) in [5.41, 5.74) is 2.37. The topological polar surface area (TPSA) is 34.4 Å². The van der Waals surface area contributed by atoms with Gasteiger partial charge in [-0.1, -0.05) is 37.3 Å². The molecule has 1 aromatic carbocycles. The summed E-state index contributed by atoms with van der Waals surface area (Å²) in [7, 11) is 1.96. The van der Waals surface area contributed by atoms with E-state index in [2.05, 4.69) is 24.0 Å². The van der Waals surface area contributed by atoms with Gasteiger partial charge in [-0.25, -0.2) is 0 Å². The molecule has 17 heavy (non-hydrogen) atoms. The Labute approximate surface area is 104 Å². The molecule has 90 valence electrons. The lowest BCUT2D eigenvalue weighted by molar-refractivity contribution is -0.120. The lowest BCUT2D eigenvalue weighted by Gasteiger charge is -1.99. The monoisotopic (exact) mass is 248 g/mol. The van der Waals surface area contributed by atoms with Crippen LogP contribution in [0, 0.1) is 12.8 Å². The first kappa shape index (κ1) is 12.0. The number of aromatic nitrogens is 1. The maximum Gasteiger partial charge on any atom is 0.250 e. The van der Waals surface area contributed by atoms with Crippen molar-refractivity contribution in [1.29, 1.82) is 0 Å². The molecule has 0 unspecified atom stereocenters. The van der Waals surface area contributed by atoms with Crippen molar-refractivity contribution < 1.29 is 4.79 Å². The van der Waals surface area contributed by atoms with Gasteiger partial charge in [-0.3, -0.25) is 4.79 Å². The zero-order valence-electron chi connectivity index (χ0n) is 10.5. The molecule has 0 N–H and O–H groups in total. The van der Waals surface area contributed by atoms with Crippen LogP contribution in [0.3, 0.4) is 0 Å². The molecule has 1 heterocycles. The molecule has 2 rings (SSSR count). The fourth-order valence-corrected chi connectivity index (χ4v) is 2.83. The summed E-state index contributed by atoms with van der Waals surface area (Å²) in [4.78, 5) is 16.6. The van der Waals surface area contributed by atoms with Gasteiger partial charge in [0.25, 0.3) is 5.91 Å². The van der Waals surface area contributed by atoms with E-state index in [0.29, 0.717) is 0 Å². The second-order valence-corrected chi connectivity index (χ2v) is 5.48. The summed E-state index contributed by atoms with van der Waals surface area (Å²) in [6, 6.07) is 6.16. The fourth-order valence-electron chi connectivity index (χ4n) is 1.73. The van der Waals surface area contributed by atoms with E-state index >= 15 is 0 Å².